The van der Waals surface area contributed by atoms with Crippen LogP contribution in [0.1, 0.15) is 63.4 Å². The number of carbonyl (C=O) groups is 1. The predicted octanol–water partition coefficient (Wildman–Crippen LogP) is 4.13. The van der Waals surface area contributed by atoms with Gasteiger partial charge in [-0.3, -0.25) is 0 Å². The quantitative estimate of drug-likeness (QED) is 0.872. The molecule has 1 aliphatic carbocycles. The van der Waals surface area contributed by atoms with Crippen LogP contribution in [0, 0.1) is 0 Å². The second kappa shape index (κ2) is 4.32. The molecule has 0 amide bonds. The Bertz CT molecular complexity index is 517. The van der Waals surface area contributed by atoms with Gasteiger partial charge in [0.15, 0.2) is 0 Å². The largest absolute Gasteiger partial charge is 0.479 e. The molecule has 104 valence electrons. The number of carboxylic acids is 1. The van der Waals surface area contributed by atoms with Gasteiger partial charge in [-0.25, -0.2) is 9.18 Å². The van der Waals surface area contributed by atoms with Gasteiger partial charge in [-0.15, -0.1) is 0 Å². The molecular formula is C16H21FO2. The fourth-order valence-corrected chi connectivity index (χ4v) is 2.91. The molecule has 2 nitrogen and oxygen atoms in total. The fraction of sp³-hybridized carbons (Fsp3) is 0.562. The lowest BCUT2D eigenvalue weighted by Gasteiger charge is -2.42. The molecule has 0 bridgehead atoms. The lowest BCUT2D eigenvalue weighted by Crippen LogP contribution is -2.34. The molecule has 1 unspecified atom stereocenters. The summed E-state index contributed by atoms with van der Waals surface area (Å²) in [6.07, 6.45) is 0.177. The fourth-order valence-electron chi connectivity index (χ4n) is 2.91. The van der Waals surface area contributed by atoms with Gasteiger partial charge in [0.05, 0.1) is 0 Å². The normalized spacial score (nSPS) is 21.5. The Morgan fingerprint density at radius 2 is 1.68 bits per heavy atom. The van der Waals surface area contributed by atoms with Gasteiger partial charge in [-0.2, -0.15) is 0 Å². The van der Waals surface area contributed by atoms with Crippen molar-refractivity contribution < 1.29 is 14.3 Å². The number of hydrogen-bond donors (Lipinski definition) is 1. The van der Waals surface area contributed by atoms with Crippen molar-refractivity contribution in [3.8, 4) is 0 Å². The van der Waals surface area contributed by atoms with Crippen LogP contribution in [0.4, 0.5) is 4.39 Å². The zero-order chi connectivity index (χ0) is 14.4. The highest BCUT2D eigenvalue weighted by Gasteiger charge is 2.37. The van der Waals surface area contributed by atoms with Crippen LogP contribution >= 0.6 is 0 Å². The van der Waals surface area contributed by atoms with Crippen molar-refractivity contribution in [3.63, 3.8) is 0 Å². The first-order valence-electron chi connectivity index (χ1n) is 6.67. The number of fused-ring (bicyclic) bond motifs is 1. The van der Waals surface area contributed by atoms with E-state index in [9.17, 15) is 9.18 Å². The molecule has 0 saturated carbocycles. The summed E-state index contributed by atoms with van der Waals surface area (Å²) in [4.78, 5) is 10.8. The third kappa shape index (κ3) is 2.38. The van der Waals surface area contributed by atoms with Crippen molar-refractivity contribution in [2.24, 2.45) is 0 Å². The molecule has 0 aliphatic heterocycles. The van der Waals surface area contributed by atoms with Crippen molar-refractivity contribution in [2.45, 2.75) is 57.5 Å². The Balaban J connectivity index is 2.56. The van der Waals surface area contributed by atoms with E-state index in [1.54, 1.807) is 12.1 Å². The average Bonchev–Trinajstić information content (AvgIpc) is 2.33. The van der Waals surface area contributed by atoms with Crippen LogP contribution in [-0.2, 0) is 15.6 Å². The number of rotatable bonds is 2. The monoisotopic (exact) mass is 264 g/mol. The smallest absolute Gasteiger partial charge is 0.343 e. The highest BCUT2D eigenvalue weighted by molar-refractivity contribution is 5.74. The van der Waals surface area contributed by atoms with Crippen molar-refractivity contribution >= 4 is 5.97 Å². The first-order valence-corrected chi connectivity index (χ1v) is 6.67. The number of benzene rings is 1. The molecule has 0 spiro atoms. The van der Waals surface area contributed by atoms with Gasteiger partial charge >= 0.3 is 5.97 Å². The molecule has 1 aromatic rings. The molecule has 1 aliphatic rings. The molecule has 0 radical (unpaired) electrons. The minimum Gasteiger partial charge on any atom is -0.479 e. The van der Waals surface area contributed by atoms with Crippen LogP contribution in [0.2, 0.25) is 0 Å². The van der Waals surface area contributed by atoms with E-state index in [0.29, 0.717) is 0 Å². The second-order valence-electron chi connectivity index (χ2n) is 6.77. The summed E-state index contributed by atoms with van der Waals surface area (Å²) in [5, 5.41) is 8.80. The van der Waals surface area contributed by atoms with E-state index < -0.39 is 12.1 Å². The molecule has 1 atom stereocenters. The highest BCUT2D eigenvalue weighted by Crippen LogP contribution is 2.46. The van der Waals surface area contributed by atoms with Crippen LogP contribution in [0.15, 0.2) is 18.2 Å². The van der Waals surface area contributed by atoms with E-state index >= 15 is 0 Å². The Hall–Kier alpha value is -1.38. The van der Waals surface area contributed by atoms with E-state index in [1.165, 1.54) is 5.56 Å². The lowest BCUT2D eigenvalue weighted by atomic mass is 9.63. The Morgan fingerprint density at radius 3 is 2.21 bits per heavy atom. The Morgan fingerprint density at radius 1 is 1.16 bits per heavy atom. The molecule has 0 fully saturated rings. The number of hydrogen-bond acceptors (Lipinski definition) is 1. The standard InChI is InChI=1S/C16H21FO2/c1-15(2)7-8-16(3,4)12-9-10(5-6-11(12)15)13(17)14(18)19/h5-6,9,13H,7-8H2,1-4H3,(H,18,19). The zero-order valence-corrected chi connectivity index (χ0v) is 12.0. The van der Waals surface area contributed by atoms with E-state index in [2.05, 4.69) is 27.7 Å². The van der Waals surface area contributed by atoms with E-state index in [1.807, 2.05) is 6.07 Å². The molecule has 2 rings (SSSR count). The Kier molecular flexibility index (Phi) is 3.20. The molecule has 1 N–H and O–H groups in total. The lowest BCUT2D eigenvalue weighted by molar-refractivity contribution is -0.143. The summed E-state index contributed by atoms with van der Waals surface area (Å²) in [6, 6.07) is 5.26. The predicted molar refractivity (Wildman–Crippen MR) is 73.2 cm³/mol. The molecular weight excluding hydrogens is 243 g/mol. The second-order valence-corrected chi connectivity index (χ2v) is 6.77. The third-order valence-corrected chi connectivity index (χ3v) is 4.39. The van der Waals surface area contributed by atoms with Crippen molar-refractivity contribution in [1.29, 1.82) is 0 Å². The van der Waals surface area contributed by atoms with Gasteiger partial charge in [-0.1, -0.05) is 45.9 Å². The van der Waals surface area contributed by atoms with Crippen LogP contribution < -0.4 is 0 Å². The number of alkyl halides is 1. The molecule has 1 aromatic carbocycles. The van der Waals surface area contributed by atoms with Crippen LogP contribution in [0.3, 0.4) is 0 Å². The maximum Gasteiger partial charge on any atom is 0.343 e. The highest BCUT2D eigenvalue weighted by atomic mass is 19.1. The van der Waals surface area contributed by atoms with Crippen molar-refractivity contribution in [1.82, 2.24) is 0 Å². The van der Waals surface area contributed by atoms with E-state index in [0.717, 1.165) is 18.4 Å². The Labute approximate surface area is 113 Å². The number of carboxylic acid groups (broad SMARTS) is 1. The minimum atomic E-state index is -1.94. The topological polar surface area (TPSA) is 37.3 Å². The van der Waals surface area contributed by atoms with Gasteiger partial charge in [0, 0.05) is 0 Å². The van der Waals surface area contributed by atoms with Gasteiger partial charge in [0.2, 0.25) is 6.17 Å². The van der Waals surface area contributed by atoms with Gasteiger partial charge in [0.25, 0.3) is 0 Å². The average molecular weight is 264 g/mol. The maximum absolute atomic E-state index is 13.7. The van der Waals surface area contributed by atoms with Crippen molar-refractivity contribution in [2.75, 3.05) is 0 Å². The summed E-state index contributed by atoms with van der Waals surface area (Å²) in [5.41, 5.74) is 2.59. The first-order chi connectivity index (χ1) is 8.65. The van der Waals surface area contributed by atoms with Gasteiger partial charge in [0.1, 0.15) is 0 Å². The van der Waals surface area contributed by atoms with E-state index in [-0.39, 0.29) is 16.4 Å². The summed E-state index contributed by atoms with van der Waals surface area (Å²) in [5.74, 6) is -1.42. The van der Waals surface area contributed by atoms with Crippen molar-refractivity contribution in [3.05, 3.63) is 34.9 Å². The van der Waals surface area contributed by atoms with Crippen LogP contribution in [0.25, 0.3) is 0 Å². The van der Waals surface area contributed by atoms with Crippen LogP contribution in [-0.4, -0.2) is 11.1 Å². The molecule has 3 heteroatoms. The molecule has 0 aromatic heterocycles. The number of halogens is 1. The third-order valence-electron chi connectivity index (χ3n) is 4.39. The SMILES string of the molecule is CC1(C)CCC(C)(C)c2cc(C(F)C(=O)O)ccc21. The summed E-state index contributed by atoms with van der Waals surface area (Å²) in [6.45, 7) is 8.65. The minimum absolute atomic E-state index is 0.0287. The summed E-state index contributed by atoms with van der Waals surface area (Å²) in [7, 11) is 0. The molecule has 0 heterocycles. The van der Waals surface area contributed by atoms with Crippen LogP contribution in [0.5, 0.6) is 0 Å². The number of aliphatic carboxylic acids is 1. The summed E-state index contributed by atoms with van der Waals surface area (Å²) >= 11 is 0. The van der Waals surface area contributed by atoms with E-state index in [4.69, 9.17) is 5.11 Å². The first kappa shape index (κ1) is 14.0. The van der Waals surface area contributed by atoms with Gasteiger partial charge < -0.3 is 5.11 Å². The molecule has 0 saturated heterocycles. The zero-order valence-electron chi connectivity index (χ0n) is 12.0. The summed E-state index contributed by atoms with van der Waals surface area (Å²) < 4.78 is 13.7. The maximum atomic E-state index is 13.7. The molecule has 19 heavy (non-hydrogen) atoms. The van der Waals surface area contributed by atoms with Gasteiger partial charge in [-0.05, 0) is 40.4 Å².